The SMILES string of the molecule is Cn1cc(CN2CC3(C2)OCCC3CCOCC2CC2)cn1.O=C(O)C(F)(F)F. The van der Waals surface area contributed by atoms with E-state index < -0.39 is 12.1 Å². The van der Waals surface area contributed by atoms with Crippen molar-refractivity contribution >= 4 is 5.97 Å². The van der Waals surface area contributed by atoms with Gasteiger partial charge in [-0.1, -0.05) is 0 Å². The Balaban J connectivity index is 0.000000298. The summed E-state index contributed by atoms with van der Waals surface area (Å²) >= 11 is 0. The predicted octanol–water partition coefficient (Wildman–Crippen LogP) is 2.46. The highest BCUT2D eigenvalue weighted by Gasteiger charge is 2.52. The van der Waals surface area contributed by atoms with Gasteiger partial charge in [0.05, 0.1) is 11.8 Å². The fourth-order valence-electron chi connectivity index (χ4n) is 3.94. The summed E-state index contributed by atoms with van der Waals surface area (Å²) in [5.41, 5.74) is 1.41. The molecule has 1 atom stereocenters. The average molecular weight is 419 g/mol. The number of aromatic nitrogens is 2. The third-order valence-electron chi connectivity index (χ3n) is 5.65. The van der Waals surface area contributed by atoms with Crippen molar-refractivity contribution in [1.82, 2.24) is 14.7 Å². The lowest BCUT2D eigenvalue weighted by Gasteiger charge is -2.50. The largest absolute Gasteiger partial charge is 0.490 e. The number of likely N-dealkylation sites (tertiary alicyclic amines) is 1. The fraction of sp³-hybridized carbons (Fsp3) is 0.789. The molecule has 0 aromatic carbocycles. The van der Waals surface area contributed by atoms with Crippen LogP contribution in [0.3, 0.4) is 0 Å². The van der Waals surface area contributed by atoms with Gasteiger partial charge >= 0.3 is 12.1 Å². The zero-order valence-electron chi connectivity index (χ0n) is 16.5. The monoisotopic (exact) mass is 419 g/mol. The minimum Gasteiger partial charge on any atom is -0.475 e. The van der Waals surface area contributed by atoms with Crippen LogP contribution in [-0.2, 0) is 27.9 Å². The maximum atomic E-state index is 10.6. The number of halogens is 3. The molecule has 164 valence electrons. The topological polar surface area (TPSA) is 76.8 Å². The van der Waals surface area contributed by atoms with Crippen LogP contribution in [0.15, 0.2) is 12.4 Å². The summed E-state index contributed by atoms with van der Waals surface area (Å²) in [7, 11) is 1.97. The van der Waals surface area contributed by atoms with Crippen molar-refractivity contribution < 1.29 is 32.5 Å². The molecule has 7 nitrogen and oxygen atoms in total. The molecule has 10 heteroatoms. The molecular formula is C19H28F3N3O4. The predicted molar refractivity (Wildman–Crippen MR) is 97.1 cm³/mol. The minimum atomic E-state index is -5.08. The number of hydrogen-bond donors (Lipinski definition) is 1. The lowest BCUT2D eigenvalue weighted by Crippen LogP contribution is -2.64. The first-order valence-corrected chi connectivity index (χ1v) is 9.90. The molecule has 0 radical (unpaired) electrons. The van der Waals surface area contributed by atoms with Gasteiger partial charge in [-0.3, -0.25) is 9.58 Å². The van der Waals surface area contributed by atoms with Crippen LogP contribution in [0.25, 0.3) is 0 Å². The highest BCUT2D eigenvalue weighted by molar-refractivity contribution is 5.73. The third-order valence-corrected chi connectivity index (χ3v) is 5.65. The summed E-state index contributed by atoms with van der Waals surface area (Å²) in [6, 6.07) is 0. The highest BCUT2D eigenvalue weighted by atomic mass is 19.4. The molecule has 3 heterocycles. The van der Waals surface area contributed by atoms with Gasteiger partial charge in [-0.05, 0) is 37.5 Å². The summed E-state index contributed by atoms with van der Waals surface area (Å²) in [6.07, 6.45) is 4.09. The van der Waals surface area contributed by atoms with Crippen LogP contribution >= 0.6 is 0 Å². The van der Waals surface area contributed by atoms with Crippen LogP contribution in [-0.4, -0.2) is 70.4 Å². The van der Waals surface area contributed by atoms with E-state index in [9.17, 15) is 13.2 Å². The van der Waals surface area contributed by atoms with Crippen LogP contribution in [0.2, 0.25) is 0 Å². The van der Waals surface area contributed by atoms with Gasteiger partial charge in [0, 0.05) is 58.3 Å². The maximum Gasteiger partial charge on any atom is 0.490 e. The Bertz CT molecular complexity index is 684. The summed E-state index contributed by atoms with van der Waals surface area (Å²) in [5.74, 6) is -1.21. The smallest absolute Gasteiger partial charge is 0.475 e. The first-order chi connectivity index (χ1) is 13.7. The molecule has 3 fully saturated rings. The van der Waals surface area contributed by atoms with Gasteiger partial charge in [0.15, 0.2) is 0 Å². The second kappa shape index (κ2) is 9.01. The lowest BCUT2D eigenvalue weighted by molar-refractivity contribution is -0.192. The van der Waals surface area contributed by atoms with Crippen molar-refractivity contribution in [1.29, 1.82) is 0 Å². The van der Waals surface area contributed by atoms with Gasteiger partial charge < -0.3 is 14.6 Å². The summed E-state index contributed by atoms with van der Waals surface area (Å²) < 4.78 is 45.6. The third kappa shape index (κ3) is 6.16. The van der Waals surface area contributed by atoms with E-state index in [-0.39, 0.29) is 5.60 Å². The second-order valence-corrected chi connectivity index (χ2v) is 8.18. The van der Waals surface area contributed by atoms with Gasteiger partial charge in [0.25, 0.3) is 0 Å². The van der Waals surface area contributed by atoms with Gasteiger partial charge in [-0.2, -0.15) is 18.3 Å². The first kappa shape index (κ1) is 22.0. The number of hydrogen-bond acceptors (Lipinski definition) is 5. The molecule has 4 rings (SSSR count). The highest BCUT2D eigenvalue weighted by Crippen LogP contribution is 2.42. The van der Waals surface area contributed by atoms with Gasteiger partial charge in [-0.25, -0.2) is 4.79 Å². The Morgan fingerprint density at radius 3 is 2.62 bits per heavy atom. The Hall–Kier alpha value is -1.65. The van der Waals surface area contributed by atoms with Crippen LogP contribution in [0.4, 0.5) is 13.2 Å². The van der Waals surface area contributed by atoms with E-state index in [2.05, 4.69) is 16.2 Å². The minimum absolute atomic E-state index is 0.116. The van der Waals surface area contributed by atoms with E-state index >= 15 is 0 Å². The van der Waals surface area contributed by atoms with Crippen molar-refractivity contribution in [3.63, 3.8) is 0 Å². The van der Waals surface area contributed by atoms with Crippen molar-refractivity contribution in [3.8, 4) is 0 Å². The standard InChI is InChI=1S/C17H27N3O2.C2HF3O2/c1-19-9-15(8-18-19)10-20-12-17(13-20)16(5-7-22-17)4-6-21-11-14-2-3-14;3-2(4,5)1(6)7/h8-9,14,16H,2-7,10-13H2,1H3;(H,6,7). The molecule has 0 amide bonds. The summed E-state index contributed by atoms with van der Waals surface area (Å²) in [6.45, 7) is 5.94. The molecule has 1 aromatic rings. The van der Waals surface area contributed by atoms with E-state index in [1.807, 2.05) is 17.9 Å². The first-order valence-electron chi connectivity index (χ1n) is 9.90. The number of ether oxygens (including phenoxy) is 2. The zero-order chi connectivity index (χ0) is 21.1. The molecule has 1 unspecified atom stereocenters. The number of rotatable bonds is 7. The Morgan fingerprint density at radius 1 is 1.38 bits per heavy atom. The molecule has 1 spiro atoms. The summed E-state index contributed by atoms with van der Waals surface area (Å²) in [4.78, 5) is 11.4. The van der Waals surface area contributed by atoms with Crippen LogP contribution in [0.5, 0.6) is 0 Å². The fourth-order valence-corrected chi connectivity index (χ4v) is 3.94. The molecule has 2 aliphatic heterocycles. The van der Waals surface area contributed by atoms with Gasteiger partial charge in [0.2, 0.25) is 0 Å². The van der Waals surface area contributed by atoms with Crippen molar-refractivity contribution in [2.45, 2.75) is 44.0 Å². The number of aryl methyl sites for hydroxylation is 1. The molecule has 3 aliphatic rings. The van der Waals surface area contributed by atoms with Crippen LogP contribution in [0, 0.1) is 11.8 Å². The number of carboxylic acids is 1. The number of carbonyl (C=O) groups is 1. The lowest BCUT2D eigenvalue weighted by atomic mass is 9.79. The Morgan fingerprint density at radius 2 is 2.07 bits per heavy atom. The summed E-state index contributed by atoms with van der Waals surface area (Å²) in [5, 5.41) is 11.4. The van der Waals surface area contributed by atoms with Crippen LogP contribution < -0.4 is 0 Å². The Labute approximate surface area is 167 Å². The number of alkyl halides is 3. The molecule has 1 aromatic heterocycles. The molecule has 1 saturated carbocycles. The number of carboxylic acid groups (broad SMARTS) is 1. The quantitative estimate of drug-likeness (QED) is 0.685. The zero-order valence-corrected chi connectivity index (χ0v) is 16.5. The van der Waals surface area contributed by atoms with Crippen molar-refractivity contribution in [3.05, 3.63) is 18.0 Å². The van der Waals surface area contributed by atoms with E-state index in [0.717, 1.165) is 51.8 Å². The van der Waals surface area contributed by atoms with Crippen LogP contribution in [0.1, 0.15) is 31.2 Å². The Kier molecular flexibility index (Phi) is 6.85. The van der Waals surface area contributed by atoms with Gasteiger partial charge in [-0.15, -0.1) is 0 Å². The molecule has 1 aliphatic carbocycles. The molecule has 0 bridgehead atoms. The number of nitrogens with zero attached hydrogens (tertiary/aromatic N) is 3. The molecular weight excluding hydrogens is 391 g/mol. The van der Waals surface area contributed by atoms with Crippen molar-refractivity contribution in [2.75, 3.05) is 32.9 Å². The molecule has 2 saturated heterocycles. The van der Waals surface area contributed by atoms with E-state index in [0.29, 0.717) is 5.92 Å². The maximum absolute atomic E-state index is 10.6. The van der Waals surface area contributed by atoms with Gasteiger partial charge in [0.1, 0.15) is 0 Å². The van der Waals surface area contributed by atoms with Crippen molar-refractivity contribution in [2.24, 2.45) is 18.9 Å². The second-order valence-electron chi connectivity index (χ2n) is 8.18. The van der Waals surface area contributed by atoms with E-state index in [1.165, 1.54) is 24.8 Å². The molecule has 1 N–H and O–H groups in total. The van der Waals surface area contributed by atoms with E-state index in [1.54, 1.807) is 0 Å². The average Bonchev–Trinajstić information content (AvgIpc) is 3.20. The normalized spacial score (nSPS) is 23.5. The molecule has 29 heavy (non-hydrogen) atoms. The number of aliphatic carboxylic acids is 1. The van der Waals surface area contributed by atoms with E-state index in [4.69, 9.17) is 19.4 Å².